The van der Waals surface area contributed by atoms with Crippen LogP contribution in [0.3, 0.4) is 0 Å². The van der Waals surface area contributed by atoms with Crippen molar-refractivity contribution in [1.29, 1.82) is 0 Å². The number of halogens is 1. The van der Waals surface area contributed by atoms with Gasteiger partial charge in [0.25, 0.3) is 0 Å². The minimum Gasteiger partial charge on any atom is -0.544 e. The molecule has 128 valence electrons. The first-order valence-corrected chi connectivity index (χ1v) is 8.89. The summed E-state index contributed by atoms with van der Waals surface area (Å²) in [6.07, 6.45) is 1.40. The van der Waals surface area contributed by atoms with Gasteiger partial charge >= 0.3 is 0 Å². The van der Waals surface area contributed by atoms with E-state index in [1.165, 1.54) is 6.08 Å². The maximum Gasteiger partial charge on any atom is 0.213 e. The molecule has 0 saturated heterocycles. The molecule has 2 aromatic heterocycles. The van der Waals surface area contributed by atoms with Crippen molar-refractivity contribution in [3.8, 4) is 11.3 Å². The van der Waals surface area contributed by atoms with E-state index >= 15 is 0 Å². The zero-order chi connectivity index (χ0) is 18.0. The van der Waals surface area contributed by atoms with E-state index in [0.29, 0.717) is 22.5 Å². The van der Waals surface area contributed by atoms with Crippen LogP contribution in [0.1, 0.15) is 17.1 Å². The SMILES string of the molecule is Cc1ccc(-c2ccc(/C=C(/Sc3n[nH]c(C)n3)C(=O)[O-])o2)c(Br)c1. The molecule has 0 aliphatic heterocycles. The van der Waals surface area contributed by atoms with Crippen molar-refractivity contribution < 1.29 is 14.3 Å². The highest BCUT2D eigenvalue weighted by atomic mass is 79.9. The Bertz CT molecular complexity index is 962. The van der Waals surface area contributed by atoms with Gasteiger partial charge in [-0.1, -0.05) is 22.0 Å². The van der Waals surface area contributed by atoms with Gasteiger partial charge in [0.2, 0.25) is 5.16 Å². The number of nitrogens with zero attached hydrogens (tertiary/aromatic N) is 2. The third-order valence-corrected chi connectivity index (χ3v) is 4.79. The maximum atomic E-state index is 11.4. The number of hydrogen-bond donors (Lipinski definition) is 1. The number of carbonyl (C=O) groups is 1. The minimum absolute atomic E-state index is 0.0390. The molecule has 1 aromatic carbocycles. The van der Waals surface area contributed by atoms with Crippen LogP contribution in [0.4, 0.5) is 0 Å². The van der Waals surface area contributed by atoms with Crippen molar-refractivity contribution in [2.75, 3.05) is 0 Å². The smallest absolute Gasteiger partial charge is 0.213 e. The number of thioether (sulfide) groups is 1. The van der Waals surface area contributed by atoms with Crippen LogP contribution in [0.25, 0.3) is 17.4 Å². The number of aromatic nitrogens is 3. The molecule has 3 aromatic rings. The molecule has 6 nitrogen and oxygen atoms in total. The molecule has 0 amide bonds. The van der Waals surface area contributed by atoms with E-state index < -0.39 is 5.97 Å². The van der Waals surface area contributed by atoms with Crippen molar-refractivity contribution in [3.63, 3.8) is 0 Å². The Balaban J connectivity index is 1.88. The van der Waals surface area contributed by atoms with Crippen LogP contribution in [-0.4, -0.2) is 21.2 Å². The van der Waals surface area contributed by atoms with Crippen LogP contribution in [-0.2, 0) is 4.79 Å². The molecule has 0 fully saturated rings. The lowest BCUT2D eigenvalue weighted by Gasteiger charge is -2.05. The summed E-state index contributed by atoms with van der Waals surface area (Å²) in [4.78, 5) is 15.4. The van der Waals surface area contributed by atoms with Gasteiger partial charge in [-0.3, -0.25) is 5.10 Å². The molecule has 0 radical (unpaired) electrons. The van der Waals surface area contributed by atoms with E-state index in [1.807, 2.05) is 25.1 Å². The number of aliphatic carboxylic acids is 1. The van der Waals surface area contributed by atoms with Crippen molar-refractivity contribution in [2.45, 2.75) is 19.0 Å². The van der Waals surface area contributed by atoms with E-state index in [0.717, 1.165) is 27.4 Å². The quantitative estimate of drug-likeness (QED) is 0.504. The van der Waals surface area contributed by atoms with E-state index in [-0.39, 0.29) is 4.91 Å². The second-order valence-electron chi connectivity index (χ2n) is 5.29. The zero-order valence-electron chi connectivity index (χ0n) is 13.4. The molecule has 0 bridgehead atoms. The topological polar surface area (TPSA) is 94.8 Å². The number of furan rings is 1. The number of aryl methyl sites for hydroxylation is 2. The molecule has 3 rings (SSSR count). The Labute approximate surface area is 156 Å². The number of carbonyl (C=O) groups excluding carboxylic acids is 1. The van der Waals surface area contributed by atoms with Crippen LogP contribution >= 0.6 is 27.7 Å². The van der Waals surface area contributed by atoms with Gasteiger partial charge in [0.1, 0.15) is 17.3 Å². The summed E-state index contributed by atoms with van der Waals surface area (Å²) < 4.78 is 6.66. The van der Waals surface area contributed by atoms with E-state index in [4.69, 9.17) is 4.42 Å². The Hall–Kier alpha value is -2.32. The Morgan fingerprint density at radius 2 is 2.12 bits per heavy atom. The van der Waals surface area contributed by atoms with Crippen LogP contribution in [0.15, 0.2) is 49.3 Å². The van der Waals surface area contributed by atoms with Crippen LogP contribution in [0, 0.1) is 13.8 Å². The second kappa shape index (κ2) is 7.28. The monoisotopic (exact) mass is 418 g/mol. The number of rotatable bonds is 5. The lowest BCUT2D eigenvalue weighted by atomic mass is 10.1. The number of nitrogens with one attached hydrogen (secondary N) is 1. The van der Waals surface area contributed by atoms with E-state index in [2.05, 4.69) is 31.1 Å². The number of benzene rings is 1. The Morgan fingerprint density at radius 1 is 1.32 bits per heavy atom. The lowest BCUT2D eigenvalue weighted by Crippen LogP contribution is -2.23. The summed E-state index contributed by atoms with van der Waals surface area (Å²) in [5.41, 5.74) is 2.01. The van der Waals surface area contributed by atoms with Gasteiger partial charge in [0.05, 0.1) is 5.97 Å². The number of hydrogen-bond acceptors (Lipinski definition) is 6. The molecule has 0 unspecified atom stereocenters. The van der Waals surface area contributed by atoms with Gasteiger partial charge in [-0.2, -0.15) is 0 Å². The third-order valence-electron chi connectivity index (χ3n) is 3.27. The minimum atomic E-state index is -1.32. The van der Waals surface area contributed by atoms with Gasteiger partial charge in [-0.25, -0.2) is 4.98 Å². The first-order chi connectivity index (χ1) is 11.9. The standard InChI is InChI=1S/C17H14BrN3O3S/c1-9-3-5-12(13(18)7-9)14-6-4-11(24-14)8-15(16(22)23)25-17-19-10(2)20-21-17/h3-8H,1-2H3,(H,22,23)(H,19,20,21)/p-1/b15-8+. The predicted octanol–water partition coefficient (Wildman–Crippen LogP) is 3.33. The molecule has 0 spiro atoms. The van der Waals surface area contributed by atoms with Gasteiger partial charge in [0.15, 0.2) is 0 Å². The summed E-state index contributed by atoms with van der Waals surface area (Å²) >= 11 is 4.41. The van der Waals surface area contributed by atoms with Crippen molar-refractivity contribution >= 4 is 39.7 Å². The van der Waals surface area contributed by atoms with Crippen molar-refractivity contribution in [2.24, 2.45) is 0 Å². The molecule has 0 atom stereocenters. The van der Waals surface area contributed by atoms with E-state index in [9.17, 15) is 9.90 Å². The van der Waals surface area contributed by atoms with Crippen molar-refractivity contribution in [1.82, 2.24) is 15.2 Å². The first kappa shape index (κ1) is 17.5. The lowest BCUT2D eigenvalue weighted by molar-refractivity contribution is -0.298. The highest BCUT2D eigenvalue weighted by Crippen LogP contribution is 2.32. The summed E-state index contributed by atoms with van der Waals surface area (Å²) in [6, 6.07) is 9.40. The highest BCUT2D eigenvalue weighted by molar-refractivity contribution is 9.10. The number of carboxylic acids is 1. The first-order valence-electron chi connectivity index (χ1n) is 7.28. The molecule has 25 heavy (non-hydrogen) atoms. The normalized spacial score (nSPS) is 11.7. The Kier molecular flexibility index (Phi) is 5.10. The van der Waals surface area contributed by atoms with Gasteiger partial charge in [-0.15, -0.1) is 5.10 Å². The third kappa shape index (κ3) is 4.21. The van der Waals surface area contributed by atoms with Gasteiger partial charge in [-0.05, 0) is 61.5 Å². The molecule has 1 N–H and O–H groups in total. The fourth-order valence-corrected chi connectivity index (χ4v) is 3.54. The zero-order valence-corrected chi connectivity index (χ0v) is 15.8. The summed E-state index contributed by atoms with van der Waals surface area (Å²) in [6.45, 7) is 3.73. The molecular weight excluding hydrogens is 406 g/mol. The number of aromatic amines is 1. The molecule has 8 heteroatoms. The number of carboxylic acid groups (broad SMARTS) is 1. The molecular formula is C17H13BrN3O3S-. The summed E-state index contributed by atoms with van der Waals surface area (Å²) in [5, 5.41) is 18.2. The average molecular weight is 419 g/mol. The Morgan fingerprint density at radius 3 is 2.76 bits per heavy atom. The molecule has 2 heterocycles. The van der Waals surface area contributed by atoms with Crippen molar-refractivity contribution in [3.05, 3.63) is 56.9 Å². The van der Waals surface area contributed by atoms with E-state index in [1.54, 1.807) is 19.1 Å². The van der Waals surface area contributed by atoms with Crippen LogP contribution in [0.2, 0.25) is 0 Å². The fourth-order valence-electron chi connectivity index (χ4n) is 2.12. The molecule has 0 aliphatic rings. The van der Waals surface area contributed by atoms with Gasteiger partial charge in [0, 0.05) is 14.9 Å². The average Bonchev–Trinajstić information content (AvgIpc) is 3.16. The number of H-pyrrole nitrogens is 1. The van der Waals surface area contributed by atoms with Gasteiger partial charge < -0.3 is 14.3 Å². The summed E-state index contributed by atoms with van der Waals surface area (Å²) in [7, 11) is 0. The predicted molar refractivity (Wildman–Crippen MR) is 96.5 cm³/mol. The highest BCUT2D eigenvalue weighted by Gasteiger charge is 2.11. The van der Waals surface area contributed by atoms with Crippen LogP contribution in [0.5, 0.6) is 0 Å². The molecule has 0 saturated carbocycles. The fraction of sp³-hybridized carbons (Fsp3) is 0.118. The molecule has 0 aliphatic carbocycles. The van der Waals surface area contributed by atoms with Crippen LogP contribution < -0.4 is 5.11 Å². The second-order valence-corrected chi connectivity index (χ2v) is 7.15. The summed E-state index contributed by atoms with van der Waals surface area (Å²) in [5.74, 6) is 0.322. The maximum absolute atomic E-state index is 11.4. The largest absolute Gasteiger partial charge is 0.544 e.